The maximum Gasteiger partial charge on any atom is 0.331 e. The zero-order valence-electron chi connectivity index (χ0n) is 11.3. The Morgan fingerprint density at radius 3 is 1.53 bits per heavy atom. The Morgan fingerprint density at radius 1 is 0.947 bits per heavy atom. The molecule has 0 fully saturated rings. The topological polar surface area (TPSA) is 93.1 Å². The van der Waals surface area contributed by atoms with Gasteiger partial charge in [-0.25, -0.2) is 9.59 Å². The molecule has 6 nitrogen and oxygen atoms in total. The Labute approximate surface area is 113 Å². The van der Waals surface area contributed by atoms with Gasteiger partial charge >= 0.3 is 20.5 Å². The number of carboxylic acid groups (broad SMARTS) is 2. The van der Waals surface area contributed by atoms with Crippen LogP contribution in [0.4, 0.5) is 0 Å². The van der Waals surface area contributed by atoms with Gasteiger partial charge in [0.15, 0.2) is 0 Å². The SMILES string of the molecule is C=C(CCO[Si](C)(C)OCCC(=C)C(=O)O)C(=O)O. The first-order valence-electron chi connectivity index (χ1n) is 5.76. The fourth-order valence-electron chi connectivity index (χ4n) is 1.10. The molecule has 0 aliphatic rings. The van der Waals surface area contributed by atoms with Crippen molar-refractivity contribution in [3.05, 3.63) is 24.3 Å². The molecule has 19 heavy (non-hydrogen) atoms. The van der Waals surface area contributed by atoms with E-state index in [0.29, 0.717) is 0 Å². The van der Waals surface area contributed by atoms with Crippen molar-refractivity contribution in [2.24, 2.45) is 0 Å². The van der Waals surface area contributed by atoms with E-state index in [4.69, 9.17) is 19.1 Å². The Morgan fingerprint density at radius 2 is 1.26 bits per heavy atom. The average Bonchev–Trinajstić information content (AvgIpc) is 2.27. The van der Waals surface area contributed by atoms with Gasteiger partial charge in [0.1, 0.15) is 0 Å². The first-order valence-corrected chi connectivity index (χ1v) is 8.57. The van der Waals surface area contributed by atoms with E-state index < -0.39 is 20.5 Å². The number of hydrogen-bond donors (Lipinski definition) is 2. The minimum absolute atomic E-state index is 0.0871. The molecule has 0 aliphatic heterocycles. The second-order valence-electron chi connectivity index (χ2n) is 4.41. The summed E-state index contributed by atoms with van der Waals surface area (Å²) in [5, 5.41) is 17.3. The fraction of sp³-hybridized carbons (Fsp3) is 0.500. The van der Waals surface area contributed by atoms with Gasteiger partial charge in [0, 0.05) is 37.2 Å². The van der Waals surface area contributed by atoms with Crippen molar-refractivity contribution in [3.8, 4) is 0 Å². The molecule has 0 saturated carbocycles. The molecule has 0 heterocycles. The number of hydrogen-bond acceptors (Lipinski definition) is 4. The van der Waals surface area contributed by atoms with Gasteiger partial charge in [-0.1, -0.05) is 13.2 Å². The second kappa shape index (κ2) is 7.88. The number of carbonyl (C=O) groups is 2. The summed E-state index contributed by atoms with van der Waals surface area (Å²) in [6.45, 7) is 10.9. The smallest absolute Gasteiger partial charge is 0.331 e. The molecular weight excluding hydrogens is 268 g/mol. The van der Waals surface area contributed by atoms with E-state index in [-0.39, 0.29) is 37.2 Å². The molecule has 7 heteroatoms. The molecule has 0 rings (SSSR count). The van der Waals surface area contributed by atoms with Gasteiger partial charge in [0.25, 0.3) is 0 Å². The highest BCUT2D eigenvalue weighted by atomic mass is 28.4. The predicted molar refractivity (Wildman–Crippen MR) is 72.2 cm³/mol. The van der Waals surface area contributed by atoms with Crippen molar-refractivity contribution in [1.82, 2.24) is 0 Å². The molecule has 0 saturated heterocycles. The Kier molecular flexibility index (Phi) is 7.28. The number of aliphatic carboxylic acids is 2. The summed E-state index contributed by atoms with van der Waals surface area (Å²) in [6, 6.07) is 0. The lowest BCUT2D eigenvalue weighted by atomic mass is 10.2. The summed E-state index contributed by atoms with van der Waals surface area (Å²) in [4.78, 5) is 21.1. The highest BCUT2D eigenvalue weighted by molar-refractivity contribution is 6.64. The Bertz CT molecular complexity index is 340. The zero-order valence-corrected chi connectivity index (χ0v) is 12.3. The van der Waals surface area contributed by atoms with Crippen LogP contribution in [0.25, 0.3) is 0 Å². The van der Waals surface area contributed by atoms with Crippen molar-refractivity contribution in [2.75, 3.05) is 13.2 Å². The molecule has 0 aromatic heterocycles. The van der Waals surface area contributed by atoms with Crippen LogP contribution < -0.4 is 0 Å². The lowest BCUT2D eigenvalue weighted by Gasteiger charge is -2.22. The molecular formula is C12H20O6Si. The largest absolute Gasteiger partial charge is 0.478 e. The highest BCUT2D eigenvalue weighted by Crippen LogP contribution is 2.11. The Hall–Kier alpha value is -1.44. The fourth-order valence-corrected chi connectivity index (χ4v) is 2.37. The Balaban J connectivity index is 3.92. The van der Waals surface area contributed by atoms with Crippen molar-refractivity contribution in [1.29, 1.82) is 0 Å². The third-order valence-corrected chi connectivity index (χ3v) is 4.11. The van der Waals surface area contributed by atoms with E-state index in [1.54, 1.807) is 13.1 Å². The van der Waals surface area contributed by atoms with Crippen LogP contribution in [0.15, 0.2) is 24.3 Å². The molecule has 108 valence electrons. The average molecular weight is 288 g/mol. The van der Waals surface area contributed by atoms with Crippen molar-refractivity contribution < 1.29 is 28.7 Å². The third kappa shape index (κ3) is 8.30. The van der Waals surface area contributed by atoms with E-state index >= 15 is 0 Å². The normalized spacial score (nSPS) is 11.1. The summed E-state index contributed by atoms with van der Waals surface area (Å²) in [5.41, 5.74) is 0.174. The van der Waals surface area contributed by atoms with E-state index in [1.165, 1.54) is 0 Å². The molecule has 0 aromatic carbocycles. The van der Waals surface area contributed by atoms with Crippen LogP contribution in [0.3, 0.4) is 0 Å². The molecule has 2 N–H and O–H groups in total. The van der Waals surface area contributed by atoms with Crippen LogP contribution in [0.5, 0.6) is 0 Å². The first kappa shape index (κ1) is 17.6. The lowest BCUT2D eigenvalue weighted by Crippen LogP contribution is -2.36. The van der Waals surface area contributed by atoms with E-state index in [0.717, 1.165) is 0 Å². The highest BCUT2D eigenvalue weighted by Gasteiger charge is 2.24. The van der Waals surface area contributed by atoms with Crippen molar-refractivity contribution >= 4 is 20.5 Å². The van der Waals surface area contributed by atoms with Gasteiger partial charge < -0.3 is 19.1 Å². The minimum atomic E-state index is -2.37. The maximum atomic E-state index is 10.5. The van der Waals surface area contributed by atoms with Crippen LogP contribution in [-0.4, -0.2) is 43.9 Å². The first-order chi connectivity index (χ1) is 8.65. The summed E-state index contributed by atoms with van der Waals surface area (Å²) in [7, 11) is -2.37. The standard InChI is InChI=1S/C12H20O6Si/c1-9(11(13)14)5-7-17-19(3,4)18-8-6-10(2)12(15)16/h1-2,5-8H2,3-4H3,(H,13,14)(H,15,16). The van der Waals surface area contributed by atoms with Crippen LogP contribution in [0.2, 0.25) is 13.1 Å². The number of carboxylic acids is 2. The van der Waals surface area contributed by atoms with Crippen molar-refractivity contribution in [2.45, 2.75) is 25.9 Å². The van der Waals surface area contributed by atoms with Gasteiger partial charge in [0.2, 0.25) is 0 Å². The van der Waals surface area contributed by atoms with Crippen LogP contribution in [-0.2, 0) is 18.4 Å². The van der Waals surface area contributed by atoms with Crippen LogP contribution in [0, 0.1) is 0 Å². The van der Waals surface area contributed by atoms with E-state index in [2.05, 4.69) is 13.2 Å². The molecule has 0 bridgehead atoms. The summed E-state index contributed by atoms with van der Waals surface area (Å²) in [6.07, 6.45) is 0.466. The predicted octanol–water partition coefficient (Wildman–Crippen LogP) is 1.78. The van der Waals surface area contributed by atoms with Gasteiger partial charge in [-0.15, -0.1) is 0 Å². The summed E-state index contributed by atoms with van der Waals surface area (Å²) < 4.78 is 11.0. The molecule has 0 aromatic rings. The van der Waals surface area contributed by atoms with Crippen molar-refractivity contribution in [3.63, 3.8) is 0 Å². The minimum Gasteiger partial charge on any atom is -0.478 e. The summed E-state index contributed by atoms with van der Waals surface area (Å²) in [5.74, 6) is -2.08. The molecule has 0 spiro atoms. The second-order valence-corrected chi connectivity index (χ2v) is 7.79. The van der Waals surface area contributed by atoms with Gasteiger partial charge in [0.05, 0.1) is 0 Å². The third-order valence-electron chi connectivity index (χ3n) is 2.31. The number of rotatable bonds is 10. The van der Waals surface area contributed by atoms with E-state index in [9.17, 15) is 9.59 Å². The van der Waals surface area contributed by atoms with Gasteiger partial charge in [-0.2, -0.15) is 0 Å². The zero-order chi connectivity index (χ0) is 15.1. The molecule has 0 unspecified atom stereocenters. The summed E-state index contributed by atoms with van der Waals surface area (Å²) >= 11 is 0. The van der Waals surface area contributed by atoms with E-state index in [1.807, 2.05) is 0 Å². The molecule has 0 atom stereocenters. The molecule has 0 amide bonds. The quantitative estimate of drug-likeness (QED) is 0.470. The monoisotopic (exact) mass is 288 g/mol. The maximum absolute atomic E-state index is 10.5. The van der Waals surface area contributed by atoms with Gasteiger partial charge in [-0.05, 0) is 13.1 Å². The van der Waals surface area contributed by atoms with Crippen LogP contribution >= 0.6 is 0 Å². The lowest BCUT2D eigenvalue weighted by molar-refractivity contribution is -0.133. The molecule has 0 radical (unpaired) electrons. The van der Waals surface area contributed by atoms with Gasteiger partial charge in [-0.3, -0.25) is 0 Å². The van der Waals surface area contributed by atoms with Crippen LogP contribution in [0.1, 0.15) is 12.8 Å². The molecule has 0 aliphatic carbocycles.